The molecular weight excluding hydrogens is 188 g/mol. The molecule has 0 fully saturated rings. The molecule has 0 rings (SSSR count). The number of carbonyl (C=O) groups excluding carboxylic acids is 2. The van der Waals surface area contributed by atoms with Gasteiger partial charge in [-0.25, -0.2) is 4.79 Å². The van der Waals surface area contributed by atoms with Crippen LogP contribution < -0.4 is 0 Å². The van der Waals surface area contributed by atoms with Crippen LogP contribution in [-0.2, 0) is 14.3 Å². The first-order valence-corrected chi connectivity index (χ1v) is 4.46. The molecule has 82 valence electrons. The summed E-state index contributed by atoms with van der Waals surface area (Å²) in [6, 6.07) is 0. The van der Waals surface area contributed by atoms with Gasteiger partial charge in [0.15, 0.2) is 0 Å². The molecule has 0 amide bonds. The molecule has 0 saturated heterocycles. The number of aliphatic hydroxyl groups excluding tert-OH is 1. The summed E-state index contributed by atoms with van der Waals surface area (Å²) in [5.41, 5.74) is -2.26. The van der Waals surface area contributed by atoms with E-state index in [0.717, 1.165) is 6.92 Å². The normalized spacial score (nSPS) is 16.9. The summed E-state index contributed by atoms with van der Waals surface area (Å²) < 4.78 is 4.61. The SMILES string of the molecule is CCCOC(=O)C(C)(O)C(=O)C(C)O. The van der Waals surface area contributed by atoms with Crippen molar-refractivity contribution >= 4 is 11.8 Å². The van der Waals surface area contributed by atoms with Crippen LogP contribution in [0.3, 0.4) is 0 Å². The van der Waals surface area contributed by atoms with E-state index in [2.05, 4.69) is 4.74 Å². The molecule has 0 spiro atoms. The van der Waals surface area contributed by atoms with Gasteiger partial charge in [-0.05, 0) is 20.3 Å². The summed E-state index contributed by atoms with van der Waals surface area (Å²) in [6.45, 7) is 4.13. The fraction of sp³-hybridized carbons (Fsp3) is 0.778. The van der Waals surface area contributed by atoms with E-state index >= 15 is 0 Å². The van der Waals surface area contributed by atoms with Crippen LogP contribution in [0.15, 0.2) is 0 Å². The predicted octanol–water partition coefficient (Wildman–Crippen LogP) is -0.360. The summed E-state index contributed by atoms with van der Waals surface area (Å²) >= 11 is 0. The van der Waals surface area contributed by atoms with Gasteiger partial charge in [0.05, 0.1) is 6.61 Å². The first-order valence-electron chi connectivity index (χ1n) is 4.46. The van der Waals surface area contributed by atoms with Crippen LogP contribution in [-0.4, -0.2) is 40.3 Å². The van der Waals surface area contributed by atoms with Crippen molar-refractivity contribution < 1.29 is 24.5 Å². The lowest BCUT2D eigenvalue weighted by Crippen LogP contribution is -2.49. The van der Waals surface area contributed by atoms with Crippen molar-refractivity contribution in [3.8, 4) is 0 Å². The number of ether oxygens (including phenoxy) is 1. The van der Waals surface area contributed by atoms with Gasteiger partial charge in [0, 0.05) is 0 Å². The molecule has 0 aliphatic carbocycles. The first kappa shape index (κ1) is 13.1. The third-order valence-corrected chi connectivity index (χ3v) is 1.69. The van der Waals surface area contributed by atoms with Crippen molar-refractivity contribution in [1.29, 1.82) is 0 Å². The molecule has 0 radical (unpaired) electrons. The van der Waals surface area contributed by atoms with Crippen molar-refractivity contribution in [2.24, 2.45) is 0 Å². The van der Waals surface area contributed by atoms with Gasteiger partial charge in [0.2, 0.25) is 11.4 Å². The number of rotatable bonds is 5. The zero-order chi connectivity index (χ0) is 11.4. The number of hydrogen-bond donors (Lipinski definition) is 2. The monoisotopic (exact) mass is 204 g/mol. The summed E-state index contributed by atoms with van der Waals surface area (Å²) in [7, 11) is 0. The third-order valence-electron chi connectivity index (χ3n) is 1.69. The number of esters is 1. The Hall–Kier alpha value is -0.940. The van der Waals surface area contributed by atoms with Crippen LogP contribution in [0.1, 0.15) is 27.2 Å². The molecule has 2 N–H and O–H groups in total. The van der Waals surface area contributed by atoms with E-state index in [0.29, 0.717) is 6.42 Å². The second-order valence-electron chi connectivity index (χ2n) is 3.25. The Morgan fingerprint density at radius 1 is 1.50 bits per heavy atom. The molecule has 2 atom stereocenters. The average Bonchev–Trinajstić information content (AvgIpc) is 2.12. The van der Waals surface area contributed by atoms with E-state index in [1.807, 2.05) is 0 Å². The number of carbonyl (C=O) groups is 2. The molecule has 2 unspecified atom stereocenters. The fourth-order valence-corrected chi connectivity index (χ4v) is 0.843. The van der Waals surface area contributed by atoms with Gasteiger partial charge in [-0.2, -0.15) is 0 Å². The first-order chi connectivity index (χ1) is 6.34. The van der Waals surface area contributed by atoms with Crippen LogP contribution in [0.2, 0.25) is 0 Å². The van der Waals surface area contributed by atoms with Gasteiger partial charge in [-0.1, -0.05) is 6.92 Å². The van der Waals surface area contributed by atoms with E-state index in [1.54, 1.807) is 6.92 Å². The molecule has 0 aromatic heterocycles. The highest BCUT2D eigenvalue weighted by Gasteiger charge is 2.42. The van der Waals surface area contributed by atoms with E-state index in [9.17, 15) is 14.7 Å². The molecule has 0 aromatic rings. The van der Waals surface area contributed by atoms with Gasteiger partial charge >= 0.3 is 5.97 Å². The van der Waals surface area contributed by atoms with E-state index in [1.165, 1.54) is 6.92 Å². The van der Waals surface area contributed by atoms with Crippen LogP contribution in [0.5, 0.6) is 0 Å². The van der Waals surface area contributed by atoms with Crippen LogP contribution in [0.25, 0.3) is 0 Å². The number of ketones is 1. The quantitative estimate of drug-likeness (QED) is 0.472. The van der Waals surface area contributed by atoms with Crippen molar-refractivity contribution in [2.45, 2.75) is 38.9 Å². The highest BCUT2D eigenvalue weighted by Crippen LogP contribution is 2.10. The molecule has 14 heavy (non-hydrogen) atoms. The Labute approximate surface area is 82.7 Å². The Morgan fingerprint density at radius 3 is 2.36 bits per heavy atom. The summed E-state index contributed by atoms with van der Waals surface area (Å²) in [5, 5.41) is 18.4. The van der Waals surface area contributed by atoms with Crippen LogP contribution in [0.4, 0.5) is 0 Å². The summed E-state index contributed by atoms with van der Waals surface area (Å²) in [4.78, 5) is 22.3. The van der Waals surface area contributed by atoms with Crippen molar-refractivity contribution in [3.63, 3.8) is 0 Å². The highest BCUT2D eigenvalue weighted by molar-refractivity contribution is 6.08. The number of Topliss-reactive ketones (excluding diaryl/α,β-unsaturated/α-hetero) is 1. The lowest BCUT2D eigenvalue weighted by Gasteiger charge is -2.20. The van der Waals surface area contributed by atoms with Crippen molar-refractivity contribution in [3.05, 3.63) is 0 Å². The summed E-state index contributed by atoms with van der Waals surface area (Å²) in [5.74, 6) is -1.98. The molecule has 0 bridgehead atoms. The Morgan fingerprint density at radius 2 is 2.00 bits per heavy atom. The molecule has 0 aliphatic heterocycles. The van der Waals surface area contributed by atoms with E-state index in [-0.39, 0.29) is 6.61 Å². The number of aliphatic hydroxyl groups is 2. The topological polar surface area (TPSA) is 83.8 Å². The minimum atomic E-state index is -2.26. The van der Waals surface area contributed by atoms with E-state index in [4.69, 9.17) is 5.11 Å². The molecule has 0 heterocycles. The second-order valence-corrected chi connectivity index (χ2v) is 3.25. The molecular formula is C9H16O5. The van der Waals surface area contributed by atoms with E-state index < -0.39 is 23.5 Å². The number of hydrogen-bond acceptors (Lipinski definition) is 5. The maximum Gasteiger partial charge on any atom is 0.345 e. The van der Waals surface area contributed by atoms with Crippen LogP contribution in [0, 0.1) is 0 Å². The Kier molecular flexibility index (Phi) is 4.73. The van der Waals surface area contributed by atoms with Gasteiger partial charge < -0.3 is 14.9 Å². The maximum atomic E-state index is 11.2. The molecule has 5 nitrogen and oxygen atoms in total. The van der Waals surface area contributed by atoms with Gasteiger partial charge in [-0.15, -0.1) is 0 Å². The van der Waals surface area contributed by atoms with Crippen molar-refractivity contribution in [2.75, 3.05) is 6.61 Å². The zero-order valence-electron chi connectivity index (χ0n) is 8.61. The predicted molar refractivity (Wildman–Crippen MR) is 48.6 cm³/mol. The molecule has 0 saturated carbocycles. The highest BCUT2D eigenvalue weighted by atomic mass is 16.5. The lowest BCUT2D eigenvalue weighted by molar-refractivity contribution is -0.171. The second kappa shape index (κ2) is 5.07. The van der Waals surface area contributed by atoms with Crippen LogP contribution >= 0.6 is 0 Å². The third kappa shape index (κ3) is 3.08. The van der Waals surface area contributed by atoms with Gasteiger partial charge in [-0.3, -0.25) is 4.79 Å². The zero-order valence-corrected chi connectivity index (χ0v) is 8.61. The van der Waals surface area contributed by atoms with Crippen molar-refractivity contribution in [1.82, 2.24) is 0 Å². The minimum absolute atomic E-state index is 0.141. The molecule has 0 aromatic carbocycles. The largest absolute Gasteiger partial charge is 0.463 e. The average molecular weight is 204 g/mol. The fourth-order valence-electron chi connectivity index (χ4n) is 0.843. The molecule has 0 aliphatic rings. The lowest BCUT2D eigenvalue weighted by atomic mass is 9.98. The standard InChI is InChI=1S/C9H16O5/c1-4-5-14-8(12)9(3,13)7(11)6(2)10/h6,10,13H,4-5H2,1-3H3. The molecule has 5 heteroatoms. The Bertz CT molecular complexity index is 219. The smallest absolute Gasteiger partial charge is 0.345 e. The minimum Gasteiger partial charge on any atom is -0.463 e. The summed E-state index contributed by atoms with van der Waals surface area (Å²) in [6.07, 6.45) is -0.788. The maximum absolute atomic E-state index is 11.2. The van der Waals surface area contributed by atoms with Gasteiger partial charge in [0.1, 0.15) is 6.10 Å². The van der Waals surface area contributed by atoms with Gasteiger partial charge in [0.25, 0.3) is 0 Å². The Balaban J connectivity index is 4.44.